The van der Waals surface area contributed by atoms with Crippen molar-refractivity contribution >= 4 is 28.6 Å². The zero-order valence-corrected chi connectivity index (χ0v) is 15.6. The number of aromatic nitrogens is 1. The number of fused-ring (bicyclic) bond motifs is 1. The molecule has 8 heteroatoms. The number of carbonyl (C=O) groups is 1. The molecule has 2 heterocycles. The van der Waals surface area contributed by atoms with Crippen molar-refractivity contribution in [3.05, 3.63) is 47.9 Å². The van der Waals surface area contributed by atoms with Gasteiger partial charge < -0.3 is 19.2 Å². The number of thioether (sulfide) groups is 1. The summed E-state index contributed by atoms with van der Waals surface area (Å²) >= 11 is 1.21. The van der Waals surface area contributed by atoms with Crippen molar-refractivity contribution in [3.63, 3.8) is 0 Å². The van der Waals surface area contributed by atoms with E-state index in [0.29, 0.717) is 39.9 Å². The van der Waals surface area contributed by atoms with Crippen LogP contribution in [0.1, 0.15) is 11.3 Å². The van der Waals surface area contributed by atoms with Crippen LogP contribution in [0.3, 0.4) is 0 Å². The minimum absolute atomic E-state index is 0.140. The van der Waals surface area contributed by atoms with Gasteiger partial charge in [0, 0.05) is 11.5 Å². The molecule has 0 spiro atoms. The standard InChI is InChI=1S/C19H17N3O4S/c1-24-16-7-12-6-13(9-20)19(22-15(12)8-17(16)25-2)27-11-18(23)21-10-14-4-3-5-26-14/h3-8H,10-11H2,1-2H3,(H,21,23). The van der Waals surface area contributed by atoms with Crippen molar-refractivity contribution in [1.29, 1.82) is 5.26 Å². The van der Waals surface area contributed by atoms with Gasteiger partial charge in [-0.1, -0.05) is 11.8 Å². The van der Waals surface area contributed by atoms with Gasteiger partial charge in [0.05, 0.1) is 43.9 Å². The number of nitrogens with one attached hydrogen (secondary N) is 1. The van der Waals surface area contributed by atoms with E-state index in [1.807, 2.05) is 0 Å². The summed E-state index contributed by atoms with van der Waals surface area (Å²) in [7, 11) is 3.10. The monoisotopic (exact) mass is 383 g/mol. The lowest BCUT2D eigenvalue weighted by Gasteiger charge is -2.10. The highest BCUT2D eigenvalue weighted by molar-refractivity contribution is 8.00. The Morgan fingerprint density at radius 2 is 2.07 bits per heavy atom. The molecule has 0 aliphatic rings. The maximum atomic E-state index is 12.0. The van der Waals surface area contributed by atoms with Crippen molar-refractivity contribution in [3.8, 4) is 17.6 Å². The molecule has 0 aliphatic heterocycles. The van der Waals surface area contributed by atoms with Gasteiger partial charge in [-0.05, 0) is 24.3 Å². The highest BCUT2D eigenvalue weighted by Gasteiger charge is 2.13. The van der Waals surface area contributed by atoms with Gasteiger partial charge in [0.25, 0.3) is 0 Å². The third-order valence-corrected chi connectivity index (χ3v) is 4.78. The first kappa shape index (κ1) is 18.6. The molecule has 27 heavy (non-hydrogen) atoms. The van der Waals surface area contributed by atoms with Gasteiger partial charge in [0.1, 0.15) is 16.9 Å². The van der Waals surface area contributed by atoms with Crippen molar-refractivity contribution in [2.75, 3.05) is 20.0 Å². The predicted molar refractivity (Wildman–Crippen MR) is 101 cm³/mol. The molecule has 3 rings (SSSR count). The zero-order valence-electron chi connectivity index (χ0n) is 14.8. The number of nitriles is 1. The Hall–Kier alpha value is -3.18. The molecular weight excluding hydrogens is 366 g/mol. The number of hydrogen-bond donors (Lipinski definition) is 1. The van der Waals surface area contributed by atoms with Gasteiger partial charge in [-0.25, -0.2) is 4.98 Å². The molecule has 1 amide bonds. The second-order valence-corrected chi connectivity index (χ2v) is 6.46. The van der Waals surface area contributed by atoms with Crippen LogP contribution in [-0.4, -0.2) is 30.9 Å². The Kier molecular flexibility index (Phi) is 5.84. The second kappa shape index (κ2) is 8.47. The third-order valence-electron chi connectivity index (χ3n) is 3.79. The summed E-state index contributed by atoms with van der Waals surface area (Å²) in [6, 6.07) is 10.9. The molecule has 0 saturated heterocycles. The van der Waals surface area contributed by atoms with Crippen LogP contribution in [0.25, 0.3) is 10.9 Å². The van der Waals surface area contributed by atoms with E-state index in [4.69, 9.17) is 13.9 Å². The molecule has 7 nitrogen and oxygen atoms in total. The number of ether oxygens (including phenoxy) is 2. The van der Waals surface area contributed by atoms with E-state index < -0.39 is 0 Å². The Balaban J connectivity index is 1.76. The van der Waals surface area contributed by atoms with Gasteiger partial charge in [0.15, 0.2) is 11.5 Å². The molecule has 3 aromatic rings. The Labute approximate surface area is 160 Å². The maximum Gasteiger partial charge on any atom is 0.230 e. The lowest BCUT2D eigenvalue weighted by atomic mass is 10.1. The normalized spacial score (nSPS) is 10.4. The fourth-order valence-electron chi connectivity index (χ4n) is 2.46. The van der Waals surface area contributed by atoms with Gasteiger partial charge in [-0.15, -0.1) is 0 Å². The van der Waals surface area contributed by atoms with Gasteiger partial charge >= 0.3 is 0 Å². The summed E-state index contributed by atoms with van der Waals surface area (Å²) in [5, 5.41) is 13.4. The largest absolute Gasteiger partial charge is 0.493 e. The number of hydrogen-bond acceptors (Lipinski definition) is 7. The summed E-state index contributed by atoms with van der Waals surface area (Å²) in [6.45, 7) is 0.319. The van der Waals surface area contributed by atoms with Crippen LogP contribution in [-0.2, 0) is 11.3 Å². The van der Waals surface area contributed by atoms with Crippen LogP contribution in [0.15, 0.2) is 46.0 Å². The van der Waals surface area contributed by atoms with Crippen LogP contribution in [0, 0.1) is 11.3 Å². The summed E-state index contributed by atoms with van der Waals surface area (Å²) < 4.78 is 15.8. The van der Waals surface area contributed by atoms with E-state index in [0.717, 1.165) is 5.39 Å². The molecule has 0 saturated carbocycles. The van der Waals surface area contributed by atoms with Crippen LogP contribution in [0.5, 0.6) is 11.5 Å². The van der Waals surface area contributed by atoms with E-state index in [9.17, 15) is 10.1 Å². The number of methoxy groups -OCH3 is 2. The molecule has 1 aromatic carbocycles. The Morgan fingerprint density at radius 1 is 1.30 bits per heavy atom. The maximum absolute atomic E-state index is 12.0. The fraction of sp³-hybridized carbons (Fsp3) is 0.211. The Bertz CT molecular complexity index is 996. The molecule has 0 fully saturated rings. The van der Waals surface area contributed by atoms with E-state index in [1.165, 1.54) is 11.8 Å². The van der Waals surface area contributed by atoms with Crippen molar-refractivity contribution in [2.24, 2.45) is 0 Å². The number of rotatable bonds is 7. The number of carbonyl (C=O) groups excluding carboxylic acids is 1. The fourth-order valence-corrected chi connectivity index (χ4v) is 3.25. The summed E-state index contributed by atoms with van der Waals surface area (Å²) in [4.78, 5) is 16.6. The van der Waals surface area contributed by atoms with E-state index in [2.05, 4.69) is 16.4 Å². The van der Waals surface area contributed by atoms with E-state index in [1.54, 1.807) is 50.8 Å². The molecule has 138 valence electrons. The Morgan fingerprint density at radius 3 is 2.74 bits per heavy atom. The molecule has 1 N–H and O–H groups in total. The third kappa shape index (κ3) is 4.33. The first-order chi connectivity index (χ1) is 13.1. The topological polar surface area (TPSA) is 97.4 Å². The van der Waals surface area contributed by atoms with Gasteiger partial charge in [-0.2, -0.15) is 5.26 Å². The number of furan rings is 1. The van der Waals surface area contributed by atoms with Crippen LogP contribution in [0.2, 0.25) is 0 Å². The lowest BCUT2D eigenvalue weighted by molar-refractivity contribution is -0.118. The number of pyridine rings is 1. The lowest BCUT2D eigenvalue weighted by Crippen LogP contribution is -2.24. The smallest absolute Gasteiger partial charge is 0.230 e. The van der Waals surface area contributed by atoms with Crippen LogP contribution < -0.4 is 14.8 Å². The highest BCUT2D eigenvalue weighted by atomic mass is 32.2. The minimum Gasteiger partial charge on any atom is -0.493 e. The predicted octanol–water partition coefficient (Wildman–Crippen LogP) is 3.13. The summed E-state index contributed by atoms with van der Waals surface area (Å²) in [5.41, 5.74) is 1.06. The molecule has 0 atom stereocenters. The average Bonchev–Trinajstić information content (AvgIpc) is 3.22. The van der Waals surface area contributed by atoms with E-state index in [-0.39, 0.29) is 11.7 Å². The number of amides is 1. The van der Waals surface area contributed by atoms with Crippen molar-refractivity contribution < 1.29 is 18.7 Å². The first-order valence-corrected chi connectivity index (χ1v) is 9.02. The average molecular weight is 383 g/mol. The SMILES string of the molecule is COc1cc2cc(C#N)c(SCC(=O)NCc3ccco3)nc2cc1OC. The second-order valence-electron chi connectivity index (χ2n) is 5.50. The molecule has 0 radical (unpaired) electrons. The van der Waals surface area contributed by atoms with E-state index >= 15 is 0 Å². The quantitative estimate of drug-likeness (QED) is 0.626. The highest BCUT2D eigenvalue weighted by Crippen LogP contribution is 2.33. The minimum atomic E-state index is -0.172. The van der Waals surface area contributed by atoms with Gasteiger partial charge in [0.2, 0.25) is 5.91 Å². The van der Waals surface area contributed by atoms with Crippen LogP contribution >= 0.6 is 11.8 Å². The van der Waals surface area contributed by atoms with Gasteiger partial charge in [-0.3, -0.25) is 4.79 Å². The molecule has 0 aliphatic carbocycles. The zero-order chi connectivity index (χ0) is 19.2. The van der Waals surface area contributed by atoms with Crippen LogP contribution in [0.4, 0.5) is 0 Å². The van der Waals surface area contributed by atoms with Crippen molar-refractivity contribution in [2.45, 2.75) is 11.6 Å². The van der Waals surface area contributed by atoms with Crippen molar-refractivity contribution in [1.82, 2.24) is 10.3 Å². The first-order valence-electron chi connectivity index (χ1n) is 8.03. The molecular formula is C19H17N3O4S. The summed E-state index contributed by atoms with van der Waals surface area (Å²) in [6.07, 6.45) is 1.55. The molecule has 2 aromatic heterocycles. The molecule has 0 unspecified atom stereocenters. The molecule has 0 bridgehead atoms. The summed E-state index contributed by atoms with van der Waals surface area (Å²) in [5.74, 6) is 1.76. The number of benzene rings is 1. The number of nitrogens with zero attached hydrogens (tertiary/aromatic N) is 2.